The standard InChI is InChI=1S/C20H21N3O3/c1-14(24)23-17-5-2-15(3-6-17)8-9-22-12-18-13-25-19-7-4-16(11-21)10-20(19)26-18/h2-7,10,18,22H,8-9,12-13H2,1H3,(H,23,24)/t18-/m0/s1. The summed E-state index contributed by atoms with van der Waals surface area (Å²) in [4.78, 5) is 11.0. The molecule has 0 saturated heterocycles. The van der Waals surface area contributed by atoms with Crippen LogP contribution in [0.5, 0.6) is 11.5 Å². The van der Waals surface area contributed by atoms with E-state index >= 15 is 0 Å². The number of benzene rings is 2. The van der Waals surface area contributed by atoms with E-state index in [1.165, 1.54) is 12.5 Å². The van der Waals surface area contributed by atoms with Gasteiger partial charge in [0.15, 0.2) is 11.5 Å². The molecule has 26 heavy (non-hydrogen) atoms. The molecule has 1 heterocycles. The minimum absolute atomic E-state index is 0.0717. The van der Waals surface area contributed by atoms with Crippen molar-refractivity contribution in [1.29, 1.82) is 5.26 Å². The second-order valence-corrected chi connectivity index (χ2v) is 6.16. The van der Waals surface area contributed by atoms with Crippen LogP contribution >= 0.6 is 0 Å². The maximum absolute atomic E-state index is 11.0. The molecule has 2 aromatic rings. The highest BCUT2D eigenvalue weighted by molar-refractivity contribution is 5.88. The van der Waals surface area contributed by atoms with Gasteiger partial charge in [-0.15, -0.1) is 0 Å². The smallest absolute Gasteiger partial charge is 0.221 e. The van der Waals surface area contributed by atoms with Crippen molar-refractivity contribution in [2.24, 2.45) is 0 Å². The summed E-state index contributed by atoms with van der Waals surface area (Å²) in [5.74, 6) is 1.23. The first-order valence-corrected chi connectivity index (χ1v) is 8.55. The Bertz CT molecular complexity index is 812. The molecule has 0 bridgehead atoms. The van der Waals surface area contributed by atoms with Crippen molar-refractivity contribution in [3.63, 3.8) is 0 Å². The highest BCUT2D eigenvalue weighted by Gasteiger charge is 2.20. The SMILES string of the molecule is CC(=O)Nc1ccc(CCNC[C@H]2COc3ccc(C#N)cc3O2)cc1. The van der Waals surface area contributed by atoms with Crippen LogP contribution in [0, 0.1) is 11.3 Å². The summed E-state index contributed by atoms with van der Waals surface area (Å²) in [6.45, 7) is 3.45. The molecule has 1 aliphatic heterocycles. The van der Waals surface area contributed by atoms with Gasteiger partial charge in [-0.2, -0.15) is 5.26 Å². The molecule has 6 nitrogen and oxygen atoms in total. The summed E-state index contributed by atoms with van der Waals surface area (Å²) in [5.41, 5.74) is 2.55. The molecule has 3 rings (SSSR count). The second-order valence-electron chi connectivity index (χ2n) is 6.16. The highest BCUT2D eigenvalue weighted by atomic mass is 16.6. The number of nitriles is 1. The number of carbonyl (C=O) groups excluding carboxylic acids is 1. The molecule has 0 aliphatic carbocycles. The van der Waals surface area contributed by atoms with Crippen LogP contribution in [0.25, 0.3) is 0 Å². The lowest BCUT2D eigenvalue weighted by atomic mass is 10.1. The topological polar surface area (TPSA) is 83.4 Å². The fraction of sp³-hybridized carbons (Fsp3) is 0.300. The largest absolute Gasteiger partial charge is 0.486 e. The third-order valence-electron chi connectivity index (χ3n) is 4.03. The number of anilines is 1. The number of rotatable bonds is 6. The van der Waals surface area contributed by atoms with Gasteiger partial charge in [0.1, 0.15) is 12.7 Å². The zero-order valence-electron chi connectivity index (χ0n) is 14.6. The zero-order valence-corrected chi connectivity index (χ0v) is 14.6. The van der Waals surface area contributed by atoms with Gasteiger partial charge in [0, 0.05) is 25.2 Å². The van der Waals surface area contributed by atoms with E-state index in [2.05, 4.69) is 16.7 Å². The van der Waals surface area contributed by atoms with Crippen LogP contribution < -0.4 is 20.1 Å². The van der Waals surface area contributed by atoms with Crippen LogP contribution in [0.15, 0.2) is 42.5 Å². The molecule has 6 heteroatoms. The maximum Gasteiger partial charge on any atom is 0.221 e. The Morgan fingerprint density at radius 3 is 2.77 bits per heavy atom. The highest BCUT2D eigenvalue weighted by Crippen LogP contribution is 2.32. The molecule has 1 atom stereocenters. The van der Waals surface area contributed by atoms with E-state index in [-0.39, 0.29) is 12.0 Å². The lowest BCUT2D eigenvalue weighted by Gasteiger charge is -2.26. The summed E-state index contributed by atoms with van der Waals surface area (Å²) >= 11 is 0. The van der Waals surface area contributed by atoms with E-state index < -0.39 is 0 Å². The molecule has 134 valence electrons. The van der Waals surface area contributed by atoms with Gasteiger partial charge < -0.3 is 20.1 Å². The molecule has 0 aromatic heterocycles. The van der Waals surface area contributed by atoms with Gasteiger partial charge in [0.2, 0.25) is 5.91 Å². The average Bonchev–Trinajstić information content (AvgIpc) is 2.65. The Balaban J connectivity index is 1.43. The van der Waals surface area contributed by atoms with Gasteiger partial charge >= 0.3 is 0 Å². The van der Waals surface area contributed by atoms with Crippen LogP contribution in [0.4, 0.5) is 5.69 Å². The first kappa shape index (κ1) is 17.8. The summed E-state index contributed by atoms with van der Waals surface area (Å²) in [5, 5.41) is 15.1. The van der Waals surface area contributed by atoms with Gasteiger partial charge in [0.25, 0.3) is 0 Å². The second kappa shape index (κ2) is 8.37. The van der Waals surface area contributed by atoms with Crippen LogP contribution in [0.3, 0.4) is 0 Å². The number of nitrogens with zero attached hydrogens (tertiary/aromatic N) is 1. The fourth-order valence-corrected chi connectivity index (χ4v) is 2.74. The van der Waals surface area contributed by atoms with E-state index in [4.69, 9.17) is 14.7 Å². The summed E-state index contributed by atoms with van der Waals surface area (Å²) < 4.78 is 11.6. The number of ether oxygens (including phenoxy) is 2. The molecule has 1 aliphatic rings. The van der Waals surface area contributed by atoms with Crippen molar-refractivity contribution < 1.29 is 14.3 Å². The van der Waals surface area contributed by atoms with Crippen molar-refractivity contribution in [2.75, 3.05) is 25.0 Å². The third kappa shape index (κ3) is 4.74. The molecule has 0 radical (unpaired) electrons. The first-order chi connectivity index (χ1) is 12.6. The number of nitrogens with one attached hydrogen (secondary N) is 2. The maximum atomic E-state index is 11.0. The number of amides is 1. The summed E-state index contributed by atoms with van der Waals surface area (Å²) in [6.07, 6.45) is 0.793. The van der Waals surface area contributed by atoms with Crippen molar-refractivity contribution in [2.45, 2.75) is 19.4 Å². The van der Waals surface area contributed by atoms with Crippen LogP contribution in [0.1, 0.15) is 18.1 Å². The van der Waals surface area contributed by atoms with Gasteiger partial charge in [-0.05, 0) is 42.8 Å². The van der Waals surface area contributed by atoms with E-state index in [1.54, 1.807) is 18.2 Å². The van der Waals surface area contributed by atoms with E-state index in [0.29, 0.717) is 30.2 Å². The van der Waals surface area contributed by atoms with E-state index in [9.17, 15) is 4.79 Å². The predicted molar refractivity (Wildman–Crippen MR) is 98.4 cm³/mol. The molecule has 0 unspecified atom stereocenters. The zero-order chi connectivity index (χ0) is 18.4. The van der Waals surface area contributed by atoms with Crippen LogP contribution in [0.2, 0.25) is 0 Å². The molecule has 0 fully saturated rings. The average molecular weight is 351 g/mol. The lowest BCUT2D eigenvalue weighted by Crippen LogP contribution is -2.39. The Hall–Kier alpha value is -3.04. The van der Waals surface area contributed by atoms with Gasteiger partial charge in [-0.25, -0.2) is 0 Å². The number of hydrogen-bond donors (Lipinski definition) is 2. The fourth-order valence-electron chi connectivity index (χ4n) is 2.74. The summed E-state index contributed by atoms with van der Waals surface area (Å²) in [6, 6.07) is 15.1. The van der Waals surface area contributed by atoms with Crippen LogP contribution in [-0.4, -0.2) is 31.7 Å². The van der Waals surface area contributed by atoms with E-state index in [1.807, 2.05) is 24.3 Å². The lowest BCUT2D eigenvalue weighted by molar-refractivity contribution is -0.114. The minimum atomic E-state index is -0.0846. The molecule has 0 spiro atoms. The van der Waals surface area contributed by atoms with Gasteiger partial charge in [0.05, 0.1) is 11.6 Å². The molecule has 2 N–H and O–H groups in total. The molecule has 0 saturated carbocycles. The predicted octanol–water partition coefficient (Wildman–Crippen LogP) is 2.49. The third-order valence-corrected chi connectivity index (χ3v) is 4.03. The Morgan fingerprint density at radius 2 is 2.04 bits per heavy atom. The monoisotopic (exact) mass is 351 g/mol. The number of carbonyl (C=O) groups is 1. The molecular weight excluding hydrogens is 330 g/mol. The van der Waals surface area contributed by atoms with Crippen molar-refractivity contribution >= 4 is 11.6 Å². The van der Waals surface area contributed by atoms with E-state index in [0.717, 1.165) is 18.7 Å². The summed E-state index contributed by atoms with van der Waals surface area (Å²) in [7, 11) is 0. The van der Waals surface area contributed by atoms with Gasteiger partial charge in [-0.1, -0.05) is 12.1 Å². The first-order valence-electron chi connectivity index (χ1n) is 8.55. The normalized spacial score (nSPS) is 15.2. The van der Waals surface area contributed by atoms with Gasteiger partial charge in [-0.3, -0.25) is 4.79 Å². The van der Waals surface area contributed by atoms with Crippen LogP contribution in [-0.2, 0) is 11.2 Å². The van der Waals surface area contributed by atoms with Crippen molar-refractivity contribution in [3.8, 4) is 17.6 Å². The minimum Gasteiger partial charge on any atom is -0.486 e. The molecule has 2 aromatic carbocycles. The quantitative estimate of drug-likeness (QED) is 0.781. The molecular formula is C20H21N3O3. The molecule has 1 amide bonds. The van der Waals surface area contributed by atoms with Crippen molar-refractivity contribution in [3.05, 3.63) is 53.6 Å². The van der Waals surface area contributed by atoms with Crippen molar-refractivity contribution in [1.82, 2.24) is 5.32 Å². The Morgan fingerprint density at radius 1 is 1.23 bits per heavy atom. The Kier molecular flexibility index (Phi) is 5.72. The number of hydrogen-bond acceptors (Lipinski definition) is 5. The number of fused-ring (bicyclic) bond motifs is 1. The Labute approximate surface area is 152 Å².